The Labute approximate surface area is 176 Å². The second-order valence-corrected chi connectivity index (χ2v) is 7.41. The van der Waals surface area contributed by atoms with Crippen molar-refractivity contribution in [2.45, 2.75) is 33.7 Å². The number of anilines is 2. The first-order chi connectivity index (χ1) is 14.3. The van der Waals surface area contributed by atoms with E-state index in [4.69, 9.17) is 9.72 Å². The Morgan fingerprint density at radius 1 is 1.13 bits per heavy atom. The van der Waals surface area contributed by atoms with Gasteiger partial charge in [0.25, 0.3) is 5.91 Å². The van der Waals surface area contributed by atoms with Crippen molar-refractivity contribution in [3.63, 3.8) is 0 Å². The highest BCUT2D eigenvalue weighted by molar-refractivity contribution is 6.07. The first-order valence-corrected chi connectivity index (χ1v) is 10.0. The summed E-state index contributed by atoms with van der Waals surface area (Å²) in [7, 11) is 1.34. The molecule has 0 bridgehead atoms. The van der Waals surface area contributed by atoms with Gasteiger partial charge in [0.15, 0.2) is 0 Å². The number of methoxy groups -OCH3 is 1. The maximum atomic E-state index is 13.0. The highest BCUT2D eigenvalue weighted by Crippen LogP contribution is 2.27. The number of hydrogen-bond acceptors (Lipinski definition) is 5. The van der Waals surface area contributed by atoms with E-state index in [1.807, 2.05) is 24.3 Å². The molecule has 30 heavy (non-hydrogen) atoms. The van der Waals surface area contributed by atoms with Crippen LogP contribution in [-0.2, 0) is 4.74 Å². The molecule has 6 nitrogen and oxygen atoms in total. The van der Waals surface area contributed by atoms with Crippen LogP contribution in [0.1, 0.15) is 47.2 Å². The predicted molar refractivity (Wildman–Crippen MR) is 120 cm³/mol. The Morgan fingerprint density at radius 3 is 2.50 bits per heavy atom. The van der Waals surface area contributed by atoms with Gasteiger partial charge in [-0.05, 0) is 62.9 Å². The van der Waals surface area contributed by atoms with E-state index in [1.54, 1.807) is 31.2 Å². The number of carbonyl (C=O) groups is 2. The molecule has 0 saturated heterocycles. The average Bonchev–Trinajstić information content (AvgIpc) is 2.73. The minimum atomic E-state index is -0.403. The highest BCUT2D eigenvalue weighted by atomic mass is 16.5. The molecule has 0 aliphatic rings. The van der Waals surface area contributed by atoms with E-state index in [0.717, 1.165) is 28.7 Å². The average molecular weight is 405 g/mol. The summed E-state index contributed by atoms with van der Waals surface area (Å²) in [6.07, 6.45) is 0. The van der Waals surface area contributed by atoms with E-state index in [-0.39, 0.29) is 11.9 Å². The lowest BCUT2D eigenvalue weighted by Gasteiger charge is -2.28. The molecular weight excluding hydrogens is 378 g/mol. The van der Waals surface area contributed by atoms with Crippen molar-refractivity contribution in [1.29, 1.82) is 0 Å². The molecule has 0 spiro atoms. The molecule has 0 radical (unpaired) electrons. The molecule has 0 saturated carbocycles. The molecule has 0 atom stereocenters. The third-order valence-corrected chi connectivity index (χ3v) is 5.08. The topological polar surface area (TPSA) is 71.5 Å². The SMILES string of the molecule is CCN(c1nc(C(=O)Nc2ccc(C(=O)OC)c(C)c2)cc2ccccc12)C(C)C. The van der Waals surface area contributed by atoms with Crippen LogP contribution in [0.2, 0.25) is 0 Å². The number of pyridine rings is 1. The summed E-state index contributed by atoms with van der Waals surface area (Å²) in [5, 5.41) is 4.87. The number of hydrogen-bond donors (Lipinski definition) is 1. The lowest BCUT2D eigenvalue weighted by Crippen LogP contribution is -2.32. The summed E-state index contributed by atoms with van der Waals surface area (Å²) in [5.74, 6) is 0.0968. The summed E-state index contributed by atoms with van der Waals surface area (Å²) >= 11 is 0. The van der Waals surface area contributed by atoms with E-state index in [0.29, 0.717) is 16.9 Å². The van der Waals surface area contributed by atoms with Crippen LogP contribution in [0.3, 0.4) is 0 Å². The number of benzene rings is 2. The zero-order valence-corrected chi connectivity index (χ0v) is 18.0. The number of fused-ring (bicyclic) bond motifs is 1. The largest absolute Gasteiger partial charge is 0.465 e. The molecule has 3 rings (SSSR count). The van der Waals surface area contributed by atoms with Crippen molar-refractivity contribution in [3.05, 3.63) is 65.4 Å². The van der Waals surface area contributed by atoms with Crippen molar-refractivity contribution < 1.29 is 14.3 Å². The second-order valence-electron chi connectivity index (χ2n) is 7.41. The maximum absolute atomic E-state index is 13.0. The Hall–Kier alpha value is -3.41. The van der Waals surface area contributed by atoms with Gasteiger partial charge in [0, 0.05) is 23.7 Å². The second kappa shape index (κ2) is 8.95. The van der Waals surface area contributed by atoms with Crippen LogP contribution < -0.4 is 10.2 Å². The molecule has 2 aromatic carbocycles. The number of aromatic nitrogens is 1. The third kappa shape index (κ3) is 4.27. The van der Waals surface area contributed by atoms with Crippen LogP contribution in [0.5, 0.6) is 0 Å². The predicted octanol–water partition coefficient (Wildman–Crippen LogP) is 4.82. The number of ether oxygens (including phenoxy) is 1. The first-order valence-electron chi connectivity index (χ1n) is 10.0. The summed E-state index contributed by atoms with van der Waals surface area (Å²) < 4.78 is 4.77. The first kappa shape index (κ1) is 21.3. The minimum absolute atomic E-state index is 0.248. The molecule has 0 aliphatic carbocycles. The number of carbonyl (C=O) groups excluding carboxylic acids is 2. The molecular formula is C24H27N3O3. The van der Waals surface area contributed by atoms with Gasteiger partial charge in [-0.2, -0.15) is 0 Å². The third-order valence-electron chi connectivity index (χ3n) is 5.08. The van der Waals surface area contributed by atoms with Gasteiger partial charge in [-0.1, -0.05) is 24.3 Å². The number of rotatable bonds is 6. The quantitative estimate of drug-likeness (QED) is 0.596. The monoisotopic (exact) mass is 405 g/mol. The fourth-order valence-electron chi connectivity index (χ4n) is 3.55. The van der Waals surface area contributed by atoms with Crippen LogP contribution >= 0.6 is 0 Å². The Balaban J connectivity index is 1.97. The molecule has 1 aromatic heterocycles. The molecule has 0 aliphatic heterocycles. The van der Waals surface area contributed by atoms with Gasteiger partial charge in [-0.15, -0.1) is 0 Å². The Kier molecular flexibility index (Phi) is 6.35. The van der Waals surface area contributed by atoms with E-state index in [9.17, 15) is 9.59 Å². The number of amides is 1. The van der Waals surface area contributed by atoms with Crippen LogP contribution in [0.4, 0.5) is 11.5 Å². The fraction of sp³-hybridized carbons (Fsp3) is 0.292. The Morgan fingerprint density at radius 2 is 1.87 bits per heavy atom. The fourth-order valence-corrected chi connectivity index (χ4v) is 3.55. The van der Waals surface area contributed by atoms with E-state index in [1.165, 1.54) is 7.11 Å². The molecule has 0 unspecified atom stereocenters. The number of nitrogens with zero attached hydrogens (tertiary/aromatic N) is 2. The van der Waals surface area contributed by atoms with Crippen LogP contribution in [-0.4, -0.2) is 36.6 Å². The van der Waals surface area contributed by atoms with Gasteiger partial charge in [0.1, 0.15) is 11.5 Å². The van der Waals surface area contributed by atoms with Crippen molar-refractivity contribution in [1.82, 2.24) is 4.98 Å². The van der Waals surface area contributed by atoms with Gasteiger partial charge in [0.2, 0.25) is 0 Å². The van der Waals surface area contributed by atoms with Crippen LogP contribution in [0.15, 0.2) is 48.5 Å². The number of aryl methyl sites for hydroxylation is 1. The molecule has 0 fully saturated rings. The number of nitrogens with one attached hydrogen (secondary N) is 1. The van der Waals surface area contributed by atoms with Gasteiger partial charge >= 0.3 is 5.97 Å². The highest BCUT2D eigenvalue weighted by Gasteiger charge is 2.18. The van der Waals surface area contributed by atoms with E-state index in [2.05, 4.69) is 31.0 Å². The summed E-state index contributed by atoms with van der Waals surface area (Å²) in [6, 6.07) is 15.1. The van der Waals surface area contributed by atoms with E-state index < -0.39 is 5.97 Å². The zero-order valence-electron chi connectivity index (χ0n) is 18.0. The van der Waals surface area contributed by atoms with Gasteiger partial charge in [-0.25, -0.2) is 9.78 Å². The molecule has 156 valence electrons. The normalized spacial score (nSPS) is 10.9. The zero-order chi connectivity index (χ0) is 21.8. The van der Waals surface area contributed by atoms with Crippen LogP contribution in [0.25, 0.3) is 10.8 Å². The van der Waals surface area contributed by atoms with E-state index >= 15 is 0 Å². The van der Waals surface area contributed by atoms with Crippen LogP contribution in [0, 0.1) is 6.92 Å². The maximum Gasteiger partial charge on any atom is 0.338 e. The van der Waals surface area contributed by atoms with Gasteiger partial charge in [0.05, 0.1) is 12.7 Å². The lowest BCUT2D eigenvalue weighted by atomic mass is 10.1. The van der Waals surface area contributed by atoms with Gasteiger partial charge in [-0.3, -0.25) is 4.79 Å². The molecule has 1 N–H and O–H groups in total. The molecule has 6 heteroatoms. The van der Waals surface area contributed by atoms with Crippen molar-refractivity contribution in [3.8, 4) is 0 Å². The summed E-state index contributed by atoms with van der Waals surface area (Å²) in [4.78, 5) is 31.7. The Bertz CT molecular complexity index is 1090. The lowest BCUT2D eigenvalue weighted by molar-refractivity contribution is 0.0600. The van der Waals surface area contributed by atoms with Crippen molar-refractivity contribution in [2.75, 3.05) is 23.9 Å². The molecule has 3 aromatic rings. The molecule has 1 heterocycles. The molecule has 1 amide bonds. The summed E-state index contributed by atoms with van der Waals surface area (Å²) in [6.45, 7) is 8.88. The van der Waals surface area contributed by atoms with Crippen molar-refractivity contribution in [2.24, 2.45) is 0 Å². The standard InChI is InChI=1S/C24H27N3O3/c1-6-27(15(2)3)22-20-10-8-7-9-17(20)14-21(26-22)23(28)25-18-11-12-19(16(4)13-18)24(29)30-5/h7-15H,6H2,1-5H3,(H,25,28). The smallest absolute Gasteiger partial charge is 0.338 e. The van der Waals surface area contributed by atoms with Gasteiger partial charge < -0.3 is 15.0 Å². The van der Waals surface area contributed by atoms with Crippen molar-refractivity contribution >= 4 is 34.2 Å². The minimum Gasteiger partial charge on any atom is -0.465 e. The number of esters is 1. The summed E-state index contributed by atoms with van der Waals surface area (Å²) in [5.41, 5.74) is 2.14.